The zero-order chi connectivity index (χ0) is 17.9. The van der Waals surface area contributed by atoms with Crippen LogP contribution in [0.5, 0.6) is 0 Å². The monoisotopic (exact) mass is 352 g/mol. The first-order valence-electron chi connectivity index (χ1n) is 10.1. The molecule has 6 nitrogen and oxygen atoms in total. The lowest BCUT2D eigenvalue weighted by Crippen LogP contribution is -2.45. The molecule has 1 unspecified atom stereocenters. The van der Waals surface area contributed by atoms with Crippen LogP contribution in [0.2, 0.25) is 0 Å². The Kier molecular flexibility index (Phi) is 9.08. The molecular weight excluding hydrogens is 316 g/mol. The van der Waals surface area contributed by atoms with Crippen molar-refractivity contribution < 1.29 is 9.53 Å². The average Bonchev–Trinajstić information content (AvgIpc) is 3.31. The maximum absolute atomic E-state index is 12.5. The highest BCUT2D eigenvalue weighted by Crippen LogP contribution is 2.27. The molecule has 0 aromatic rings. The van der Waals surface area contributed by atoms with Crippen LogP contribution in [0.1, 0.15) is 58.3 Å². The van der Waals surface area contributed by atoms with Gasteiger partial charge in [0.25, 0.3) is 0 Å². The Morgan fingerprint density at radius 1 is 1.20 bits per heavy atom. The first-order chi connectivity index (χ1) is 12.2. The van der Waals surface area contributed by atoms with Crippen molar-refractivity contribution >= 4 is 11.9 Å². The standard InChI is InChI=1S/C19H36N4O2/c1-3-4-13-25-14-7-11-21-19(20-2)22-17-10-12-23(15-17)18(24)16-8-5-6-9-16/h16-17H,3-15H2,1-2H3,(H2,20,21,22). The maximum atomic E-state index is 12.5. The molecule has 1 saturated heterocycles. The summed E-state index contributed by atoms with van der Waals surface area (Å²) >= 11 is 0. The van der Waals surface area contributed by atoms with Gasteiger partial charge in [0.2, 0.25) is 5.91 Å². The molecule has 1 saturated carbocycles. The fraction of sp³-hybridized carbons (Fsp3) is 0.895. The van der Waals surface area contributed by atoms with Crippen LogP contribution in [0.15, 0.2) is 4.99 Å². The summed E-state index contributed by atoms with van der Waals surface area (Å²) in [6.45, 7) is 6.34. The fourth-order valence-electron chi connectivity index (χ4n) is 3.63. The van der Waals surface area contributed by atoms with E-state index in [0.717, 1.165) is 70.9 Å². The summed E-state index contributed by atoms with van der Waals surface area (Å²) in [6.07, 6.45) is 8.87. The van der Waals surface area contributed by atoms with Gasteiger partial charge in [-0.2, -0.15) is 0 Å². The Hall–Kier alpha value is -1.30. The van der Waals surface area contributed by atoms with E-state index in [4.69, 9.17) is 4.74 Å². The number of nitrogens with zero attached hydrogens (tertiary/aromatic N) is 2. The van der Waals surface area contributed by atoms with Crippen molar-refractivity contribution in [1.82, 2.24) is 15.5 Å². The van der Waals surface area contributed by atoms with Crippen LogP contribution in [0.4, 0.5) is 0 Å². The van der Waals surface area contributed by atoms with E-state index >= 15 is 0 Å². The Balaban J connectivity index is 1.60. The number of guanidine groups is 1. The third kappa shape index (κ3) is 6.84. The second kappa shape index (κ2) is 11.3. The summed E-state index contributed by atoms with van der Waals surface area (Å²) in [7, 11) is 1.80. The summed E-state index contributed by atoms with van der Waals surface area (Å²) in [4.78, 5) is 18.8. The number of hydrogen-bond donors (Lipinski definition) is 2. The van der Waals surface area contributed by atoms with Crippen molar-refractivity contribution in [3.63, 3.8) is 0 Å². The molecule has 0 aromatic carbocycles. The number of nitrogens with one attached hydrogen (secondary N) is 2. The molecule has 2 N–H and O–H groups in total. The molecule has 1 atom stereocenters. The van der Waals surface area contributed by atoms with Crippen molar-refractivity contribution in [2.24, 2.45) is 10.9 Å². The molecule has 0 spiro atoms. The third-order valence-corrected chi connectivity index (χ3v) is 5.17. The Labute approximate surface area is 152 Å². The summed E-state index contributed by atoms with van der Waals surface area (Å²) in [5.41, 5.74) is 0. The Bertz CT molecular complexity index is 422. The SMILES string of the molecule is CCCCOCCCNC(=NC)NC1CCN(C(=O)C2CCCC2)C1. The number of unbranched alkanes of at least 4 members (excludes halogenated alkanes) is 1. The van der Waals surface area contributed by atoms with Crippen molar-refractivity contribution in [2.45, 2.75) is 64.3 Å². The molecule has 144 valence electrons. The van der Waals surface area contributed by atoms with E-state index in [-0.39, 0.29) is 5.92 Å². The van der Waals surface area contributed by atoms with Crippen LogP contribution in [0, 0.1) is 5.92 Å². The first kappa shape index (κ1) is 20.0. The number of rotatable bonds is 9. The van der Waals surface area contributed by atoms with Gasteiger partial charge >= 0.3 is 0 Å². The van der Waals surface area contributed by atoms with E-state index < -0.39 is 0 Å². The molecule has 1 aliphatic carbocycles. The van der Waals surface area contributed by atoms with Gasteiger partial charge in [-0.1, -0.05) is 26.2 Å². The molecule has 1 aliphatic heterocycles. The Morgan fingerprint density at radius 3 is 2.68 bits per heavy atom. The van der Waals surface area contributed by atoms with Gasteiger partial charge in [0.05, 0.1) is 0 Å². The highest BCUT2D eigenvalue weighted by molar-refractivity contribution is 5.81. The average molecular weight is 353 g/mol. The number of carbonyl (C=O) groups excluding carboxylic acids is 1. The van der Waals surface area contributed by atoms with E-state index in [0.29, 0.717) is 11.9 Å². The molecule has 1 amide bonds. The molecule has 1 heterocycles. The topological polar surface area (TPSA) is 66.0 Å². The summed E-state index contributed by atoms with van der Waals surface area (Å²) < 4.78 is 5.57. The maximum Gasteiger partial charge on any atom is 0.225 e. The number of aliphatic imine (C=N–C) groups is 1. The van der Waals surface area contributed by atoms with Crippen LogP contribution >= 0.6 is 0 Å². The lowest BCUT2D eigenvalue weighted by molar-refractivity contribution is -0.134. The third-order valence-electron chi connectivity index (χ3n) is 5.17. The summed E-state index contributed by atoms with van der Waals surface area (Å²) in [5, 5.41) is 6.80. The number of hydrogen-bond acceptors (Lipinski definition) is 3. The second-order valence-corrected chi connectivity index (χ2v) is 7.21. The molecule has 2 fully saturated rings. The normalized spacial score (nSPS) is 21.8. The number of carbonyl (C=O) groups is 1. The predicted molar refractivity (Wildman–Crippen MR) is 102 cm³/mol. The molecule has 2 aliphatic rings. The highest BCUT2D eigenvalue weighted by atomic mass is 16.5. The van der Waals surface area contributed by atoms with Crippen molar-refractivity contribution in [3.8, 4) is 0 Å². The largest absolute Gasteiger partial charge is 0.381 e. The van der Waals surface area contributed by atoms with E-state index in [1.807, 2.05) is 4.90 Å². The molecule has 2 rings (SSSR count). The van der Waals surface area contributed by atoms with Gasteiger partial charge in [-0.3, -0.25) is 9.79 Å². The van der Waals surface area contributed by atoms with Gasteiger partial charge in [-0.15, -0.1) is 0 Å². The lowest BCUT2D eigenvalue weighted by Gasteiger charge is -2.21. The summed E-state index contributed by atoms with van der Waals surface area (Å²) in [5.74, 6) is 1.48. The molecule has 0 bridgehead atoms. The van der Waals surface area contributed by atoms with Crippen LogP contribution in [-0.2, 0) is 9.53 Å². The number of likely N-dealkylation sites (tertiary alicyclic amines) is 1. The lowest BCUT2D eigenvalue weighted by atomic mass is 10.1. The predicted octanol–water partition coefficient (Wildman–Crippen LogP) is 2.15. The van der Waals surface area contributed by atoms with Crippen LogP contribution < -0.4 is 10.6 Å². The smallest absolute Gasteiger partial charge is 0.225 e. The van der Waals surface area contributed by atoms with Crippen LogP contribution in [-0.4, -0.2) is 62.7 Å². The van der Waals surface area contributed by atoms with Crippen LogP contribution in [0.3, 0.4) is 0 Å². The van der Waals surface area contributed by atoms with Gasteiger partial charge < -0.3 is 20.3 Å². The first-order valence-corrected chi connectivity index (χ1v) is 10.1. The van der Waals surface area contributed by atoms with E-state index in [9.17, 15) is 4.79 Å². The summed E-state index contributed by atoms with van der Waals surface area (Å²) in [6, 6.07) is 0.303. The van der Waals surface area contributed by atoms with Crippen LogP contribution in [0.25, 0.3) is 0 Å². The van der Waals surface area contributed by atoms with E-state index in [1.165, 1.54) is 19.3 Å². The zero-order valence-electron chi connectivity index (χ0n) is 16.1. The van der Waals surface area contributed by atoms with Gasteiger partial charge in [0.1, 0.15) is 0 Å². The minimum absolute atomic E-state index is 0.281. The minimum Gasteiger partial charge on any atom is -0.381 e. The number of amides is 1. The Morgan fingerprint density at radius 2 is 1.96 bits per heavy atom. The fourth-order valence-corrected chi connectivity index (χ4v) is 3.63. The quantitative estimate of drug-likeness (QED) is 0.379. The molecule has 25 heavy (non-hydrogen) atoms. The second-order valence-electron chi connectivity index (χ2n) is 7.21. The molecular formula is C19H36N4O2. The minimum atomic E-state index is 0.281. The van der Waals surface area contributed by atoms with Gasteiger partial charge in [-0.05, 0) is 32.1 Å². The molecule has 0 radical (unpaired) electrons. The van der Waals surface area contributed by atoms with Crippen molar-refractivity contribution in [3.05, 3.63) is 0 Å². The van der Waals surface area contributed by atoms with Crippen molar-refractivity contribution in [2.75, 3.05) is 39.9 Å². The van der Waals surface area contributed by atoms with Gasteiger partial charge in [0.15, 0.2) is 5.96 Å². The zero-order valence-corrected chi connectivity index (χ0v) is 16.1. The van der Waals surface area contributed by atoms with Crippen molar-refractivity contribution in [1.29, 1.82) is 0 Å². The van der Waals surface area contributed by atoms with Gasteiger partial charge in [-0.25, -0.2) is 0 Å². The van der Waals surface area contributed by atoms with Gasteiger partial charge in [0, 0.05) is 51.9 Å². The number of ether oxygens (including phenoxy) is 1. The highest BCUT2D eigenvalue weighted by Gasteiger charge is 2.32. The molecule has 6 heteroatoms. The van der Waals surface area contributed by atoms with E-state index in [1.54, 1.807) is 7.05 Å². The molecule has 0 aromatic heterocycles. The van der Waals surface area contributed by atoms with E-state index in [2.05, 4.69) is 22.5 Å².